The standard InChI is InChI=1S/C21H36N4O.HI/c1-4-22-21(24-16-19-11-5-6-12-20(19)26-3)23-13-7-8-14-25-15-9-10-18(2)17-25;/h5-6,11-12,18H,4,7-10,13-17H2,1-3H3,(H2,22,23,24);1H. The fourth-order valence-corrected chi connectivity index (χ4v) is 3.50. The second kappa shape index (κ2) is 14.0. The van der Waals surface area contributed by atoms with Gasteiger partial charge in [-0.25, -0.2) is 4.99 Å². The van der Waals surface area contributed by atoms with Gasteiger partial charge in [0, 0.05) is 25.2 Å². The van der Waals surface area contributed by atoms with Crippen molar-refractivity contribution in [1.29, 1.82) is 0 Å². The molecule has 1 aliphatic heterocycles. The highest BCUT2D eigenvalue weighted by atomic mass is 127. The Balaban J connectivity index is 0.00000364. The molecule has 0 radical (unpaired) electrons. The summed E-state index contributed by atoms with van der Waals surface area (Å²) in [5.41, 5.74) is 1.10. The molecule has 0 aromatic heterocycles. The molecule has 1 heterocycles. The molecule has 6 heteroatoms. The van der Waals surface area contributed by atoms with E-state index in [0.29, 0.717) is 6.54 Å². The summed E-state index contributed by atoms with van der Waals surface area (Å²) in [6.07, 6.45) is 5.17. The molecule has 0 bridgehead atoms. The number of para-hydroxylation sites is 1. The molecule has 1 fully saturated rings. The Bertz CT molecular complexity index is 553. The van der Waals surface area contributed by atoms with Gasteiger partial charge < -0.3 is 20.3 Å². The zero-order valence-electron chi connectivity index (χ0n) is 17.2. The van der Waals surface area contributed by atoms with Crippen molar-refractivity contribution >= 4 is 29.9 Å². The maximum atomic E-state index is 5.40. The van der Waals surface area contributed by atoms with Crippen LogP contribution in [0.2, 0.25) is 0 Å². The van der Waals surface area contributed by atoms with Gasteiger partial charge >= 0.3 is 0 Å². The van der Waals surface area contributed by atoms with Crippen LogP contribution in [-0.2, 0) is 6.54 Å². The van der Waals surface area contributed by atoms with Crippen molar-refractivity contribution in [3.05, 3.63) is 29.8 Å². The van der Waals surface area contributed by atoms with Gasteiger partial charge in [0.2, 0.25) is 0 Å². The van der Waals surface area contributed by atoms with Crippen LogP contribution >= 0.6 is 24.0 Å². The van der Waals surface area contributed by atoms with Crippen LogP contribution in [0.4, 0.5) is 0 Å². The molecule has 1 unspecified atom stereocenters. The van der Waals surface area contributed by atoms with Gasteiger partial charge in [0.1, 0.15) is 5.75 Å². The number of ether oxygens (including phenoxy) is 1. The molecule has 1 aromatic rings. The minimum absolute atomic E-state index is 0. The first-order chi connectivity index (χ1) is 12.7. The summed E-state index contributed by atoms with van der Waals surface area (Å²) in [7, 11) is 1.70. The average Bonchev–Trinajstić information content (AvgIpc) is 2.66. The Hall–Kier alpha value is -1.02. The molecular weight excluding hydrogens is 451 g/mol. The molecule has 0 saturated carbocycles. The van der Waals surface area contributed by atoms with Gasteiger partial charge in [-0.15, -0.1) is 24.0 Å². The lowest BCUT2D eigenvalue weighted by Gasteiger charge is -2.30. The van der Waals surface area contributed by atoms with Gasteiger partial charge in [-0.1, -0.05) is 25.1 Å². The highest BCUT2D eigenvalue weighted by Crippen LogP contribution is 2.18. The summed E-state index contributed by atoms with van der Waals surface area (Å²) in [6.45, 7) is 10.7. The van der Waals surface area contributed by atoms with E-state index in [0.717, 1.165) is 36.3 Å². The van der Waals surface area contributed by atoms with Gasteiger partial charge in [-0.3, -0.25) is 0 Å². The number of halogens is 1. The number of rotatable bonds is 9. The molecule has 0 spiro atoms. The maximum Gasteiger partial charge on any atom is 0.191 e. The first kappa shape index (κ1) is 24.0. The van der Waals surface area contributed by atoms with E-state index in [2.05, 4.69) is 35.4 Å². The first-order valence-corrected chi connectivity index (χ1v) is 10.1. The van der Waals surface area contributed by atoms with E-state index in [9.17, 15) is 0 Å². The number of guanidine groups is 1. The minimum Gasteiger partial charge on any atom is -0.496 e. The Morgan fingerprint density at radius 1 is 1.26 bits per heavy atom. The third-order valence-electron chi connectivity index (χ3n) is 4.88. The maximum absolute atomic E-state index is 5.40. The number of hydrogen-bond donors (Lipinski definition) is 2. The Kier molecular flexibility index (Phi) is 12.5. The van der Waals surface area contributed by atoms with E-state index < -0.39 is 0 Å². The molecule has 0 aliphatic carbocycles. The van der Waals surface area contributed by atoms with Crippen LogP contribution in [0.25, 0.3) is 0 Å². The van der Waals surface area contributed by atoms with Crippen molar-refractivity contribution in [2.75, 3.05) is 39.8 Å². The van der Waals surface area contributed by atoms with Crippen LogP contribution < -0.4 is 15.4 Å². The zero-order chi connectivity index (χ0) is 18.6. The molecule has 27 heavy (non-hydrogen) atoms. The SMILES string of the molecule is CCNC(=NCc1ccccc1OC)NCCCCN1CCCC(C)C1.I. The quantitative estimate of drug-likeness (QED) is 0.240. The number of aliphatic imine (C=N–C) groups is 1. The Morgan fingerprint density at radius 2 is 2.07 bits per heavy atom. The van der Waals surface area contributed by atoms with Crippen LogP contribution in [0, 0.1) is 5.92 Å². The monoisotopic (exact) mass is 488 g/mol. The first-order valence-electron chi connectivity index (χ1n) is 10.1. The normalized spacial score (nSPS) is 17.9. The van der Waals surface area contributed by atoms with Crippen molar-refractivity contribution < 1.29 is 4.74 Å². The van der Waals surface area contributed by atoms with Crippen molar-refractivity contribution in [3.8, 4) is 5.75 Å². The lowest BCUT2D eigenvalue weighted by molar-refractivity contribution is 0.181. The van der Waals surface area contributed by atoms with Crippen LogP contribution in [0.1, 0.15) is 45.1 Å². The highest BCUT2D eigenvalue weighted by molar-refractivity contribution is 14.0. The van der Waals surface area contributed by atoms with E-state index in [1.54, 1.807) is 7.11 Å². The van der Waals surface area contributed by atoms with Crippen LogP contribution in [-0.4, -0.2) is 50.7 Å². The van der Waals surface area contributed by atoms with Gasteiger partial charge in [-0.2, -0.15) is 0 Å². The second-order valence-corrected chi connectivity index (χ2v) is 7.19. The van der Waals surface area contributed by atoms with E-state index in [1.165, 1.54) is 45.3 Å². The number of unbranched alkanes of at least 4 members (excludes halogenated alkanes) is 1. The van der Waals surface area contributed by atoms with Gasteiger partial charge in [0.05, 0.1) is 13.7 Å². The molecule has 1 aromatic carbocycles. The second-order valence-electron chi connectivity index (χ2n) is 7.19. The molecule has 1 atom stereocenters. The Morgan fingerprint density at radius 3 is 2.81 bits per heavy atom. The molecule has 0 amide bonds. The average molecular weight is 488 g/mol. The Labute approximate surface area is 182 Å². The van der Waals surface area contributed by atoms with Gasteiger partial charge in [0.25, 0.3) is 0 Å². The predicted molar refractivity (Wildman–Crippen MR) is 125 cm³/mol. The number of piperidine rings is 1. The zero-order valence-corrected chi connectivity index (χ0v) is 19.5. The highest BCUT2D eigenvalue weighted by Gasteiger charge is 2.15. The summed E-state index contributed by atoms with van der Waals surface area (Å²) in [5, 5.41) is 6.78. The summed E-state index contributed by atoms with van der Waals surface area (Å²) in [5.74, 6) is 2.64. The number of methoxy groups -OCH3 is 1. The van der Waals surface area contributed by atoms with E-state index >= 15 is 0 Å². The van der Waals surface area contributed by atoms with Gasteiger partial charge in [0.15, 0.2) is 5.96 Å². The predicted octanol–water partition coefficient (Wildman–Crippen LogP) is 3.88. The van der Waals surface area contributed by atoms with Crippen molar-refractivity contribution in [1.82, 2.24) is 15.5 Å². The van der Waals surface area contributed by atoms with Crippen LogP contribution in [0.5, 0.6) is 5.75 Å². The molecule has 2 rings (SSSR count). The fraction of sp³-hybridized carbons (Fsp3) is 0.667. The smallest absolute Gasteiger partial charge is 0.191 e. The fourth-order valence-electron chi connectivity index (χ4n) is 3.50. The van der Waals surface area contributed by atoms with Crippen molar-refractivity contribution in [2.24, 2.45) is 10.9 Å². The molecule has 1 saturated heterocycles. The lowest BCUT2D eigenvalue weighted by Crippen LogP contribution is -2.38. The van der Waals surface area contributed by atoms with Crippen LogP contribution in [0.15, 0.2) is 29.3 Å². The molecule has 2 N–H and O–H groups in total. The third kappa shape index (κ3) is 9.14. The number of benzene rings is 1. The van der Waals surface area contributed by atoms with Crippen molar-refractivity contribution in [3.63, 3.8) is 0 Å². The van der Waals surface area contributed by atoms with E-state index in [-0.39, 0.29) is 24.0 Å². The third-order valence-corrected chi connectivity index (χ3v) is 4.88. The summed E-state index contributed by atoms with van der Waals surface area (Å²) >= 11 is 0. The summed E-state index contributed by atoms with van der Waals surface area (Å²) < 4.78 is 5.40. The number of likely N-dealkylation sites (tertiary alicyclic amines) is 1. The number of nitrogens with zero attached hydrogens (tertiary/aromatic N) is 2. The van der Waals surface area contributed by atoms with Crippen molar-refractivity contribution in [2.45, 2.75) is 46.1 Å². The molecule has 1 aliphatic rings. The lowest BCUT2D eigenvalue weighted by atomic mass is 10.0. The van der Waals surface area contributed by atoms with Gasteiger partial charge in [-0.05, 0) is 57.7 Å². The number of nitrogens with one attached hydrogen (secondary N) is 2. The van der Waals surface area contributed by atoms with E-state index in [4.69, 9.17) is 9.73 Å². The van der Waals surface area contributed by atoms with Crippen LogP contribution in [0.3, 0.4) is 0 Å². The summed E-state index contributed by atoms with van der Waals surface area (Å²) in [6, 6.07) is 8.05. The van der Waals surface area contributed by atoms with E-state index in [1.807, 2.05) is 18.2 Å². The molecular formula is C21H37IN4O. The molecule has 154 valence electrons. The molecule has 5 nitrogen and oxygen atoms in total. The largest absolute Gasteiger partial charge is 0.496 e. The topological polar surface area (TPSA) is 48.9 Å². The summed E-state index contributed by atoms with van der Waals surface area (Å²) in [4.78, 5) is 7.31. The minimum atomic E-state index is 0. The number of hydrogen-bond acceptors (Lipinski definition) is 3.